The van der Waals surface area contributed by atoms with Crippen LogP contribution < -0.4 is 11.1 Å². The van der Waals surface area contributed by atoms with Crippen molar-refractivity contribution in [1.82, 2.24) is 10.2 Å². The van der Waals surface area contributed by atoms with Gasteiger partial charge in [0.25, 0.3) is 5.91 Å². The molecule has 1 aromatic carbocycles. The summed E-state index contributed by atoms with van der Waals surface area (Å²) >= 11 is 0. The van der Waals surface area contributed by atoms with Crippen LogP contribution in [0.15, 0.2) is 18.2 Å². The Morgan fingerprint density at radius 3 is 2.83 bits per heavy atom. The molecule has 3 rings (SSSR count). The van der Waals surface area contributed by atoms with E-state index in [1.165, 1.54) is 4.90 Å². The minimum atomic E-state index is -0.664. The Bertz CT molecular complexity index is 713. The lowest BCUT2D eigenvalue weighted by Gasteiger charge is -2.24. The second-order valence-corrected chi connectivity index (χ2v) is 5.84. The van der Waals surface area contributed by atoms with Crippen LogP contribution in [-0.2, 0) is 27.3 Å². The van der Waals surface area contributed by atoms with Crippen LogP contribution in [0.25, 0.3) is 0 Å². The predicted octanol–water partition coefficient (Wildman–Crippen LogP) is -0.135. The number of imide groups is 1. The van der Waals surface area contributed by atoms with Gasteiger partial charge in [-0.2, -0.15) is 0 Å². The smallest absolute Gasteiger partial charge is 0.255 e. The highest BCUT2D eigenvalue weighted by atomic mass is 16.2. The molecule has 2 heterocycles. The van der Waals surface area contributed by atoms with Crippen LogP contribution in [0, 0.1) is 0 Å². The maximum absolute atomic E-state index is 12.6. The molecule has 1 saturated heterocycles. The molecule has 0 aromatic heterocycles. The molecule has 7 heteroatoms. The van der Waals surface area contributed by atoms with Crippen molar-refractivity contribution in [3.05, 3.63) is 34.9 Å². The van der Waals surface area contributed by atoms with Gasteiger partial charge in [0.1, 0.15) is 6.04 Å². The Morgan fingerprint density at radius 1 is 1.30 bits per heavy atom. The summed E-state index contributed by atoms with van der Waals surface area (Å²) < 4.78 is 0. The summed E-state index contributed by atoms with van der Waals surface area (Å²) in [5.41, 5.74) is 7.18. The van der Waals surface area contributed by atoms with Crippen molar-refractivity contribution in [2.24, 2.45) is 5.73 Å². The summed E-state index contributed by atoms with van der Waals surface area (Å²) in [4.78, 5) is 48.9. The fraction of sp³-hybridized carbons (Fsp3) is 0.375. The number of primary amides is 1. The van der Waals surface area contributed by atoms with Crippen LogP contribution in [-0.4, -0.2) is 34.6 Å². The number of rotatable bonds is 3. The number of nitrogens with one attached hydrogen (secondary N) is 1. The van der Waals surface area contributed by atoms with E-state index in [2.05, 4.69) is 5.32 Å². The summed E-state index contributed by atoms with van der Waals surface area (Å²) in [5.74, 6) is -1.47. The van der Waals surface area contributed by atoms with Gasteiger partial charge < -0.3 is 10.6 Å². The minimum absolute atomic E-state index is 0.0552. The highest BCUT2D eigenvalue weighted by Crippen LogP contribution is 2.29. The number of nitrogens with two attached hydrogens (primary N) is 1. The van der Waals surface area contributed by atoms with E-state index in [-0.39, 0.29) is 31.2 Å². The Morgan fingerprint density at radius 2 is 2.09 bits per heavy atom. The van der Waals surface area contributed by atoms with Crippen LogP contribution >= 0.6 is 0 Å². The van der Waals surface area contributed by atoms with Gasteiger partial charge in [0.2, 0.25) is 17.7 Å². The summed E-state index contributed by atoms with van der Waals surface area (Å²) in [6.07, 6.45) is 1.34. The highest BCUT2D eigenvalue weighted by Gasteiger charge is 2.38. The molecule has 4 amide bonds. The number of hydrogen-bond donors (Lipinski definition) is 2. The normalized spacial score (nSPS) is 21.0. The summed E-state index contributed by atoms with van der Waals surface area (Å²) in [6.45, 7) is 0.254. The zero-order valence-electron chi connectivity index (χ0n) is 12.5. The molecule has 0 radical (unpaired) electrons. The molecule has 1 unspecified atom stereocenters. The highest BCUT2D eigenvalue weighted by molar-refractivity contribution is 6.04. The maximum Gasteiger partial charge on any atom is 0.255 e. The zero-order chi connectivity index (χ0) is 16.6. The van der Waals surface area contributed by atoms with E-state index >= 15 is 0 Å². The molecular formula is C16H17N3O4. The topological polar surface area (TPSA) is 110 Å². The number of hydrogen-bond acceptors (Lipinski definition) is 4. The first-order valence-corrected chi connectivity index (χ1v) is 7.51. The third-order valence-corrected chi connectivity index (χ3v) is 4.28. The van der Waals surface area contributed by atoms with E-state index in [0.29, 0.717) is 24.0 Å². The van der Waals surface area contributed by atoms with Gasteiger partial charge in [-0.25, -0.2) is 0 Å². The van der Waals surface area contributed by atoms with Crippen LogP contribution in [0.3, 0.4) is 0 Å². The molecule has 2 aliphatic heterocycles. The van der Waals surface area contributed by atoms with Gasteiger partial charge in [-0.1, -0.05) is 12.1 Å². The number of amides is 4. The molecule has 1 aromatic rings. The number of carbonyl (C=O) groups excluding carboxylic acids is 4. The Kier molecular flexibility index (Phi) is 3.85. The molecule has 0 spiro atoms. The lowest BCUT2D eigenvalue weighted by Crippen LogP contribution is -2.46. The lowest BCUT2D eigenvalue weighted by molar-refractivity contribution is -0.132. The first-order chi connectivity index (χ1) is 11.0. The number of nitrogens with zero attached hydrogens (tertiary/aromatic N) is 1. The molecule has 7 nitrogen and oxygen atoms in total. The average Bonchev–Trinajstić information content (AvgIpc) is 2.71. The Balaban J connectivity index is 1.89. The second kappa shape index (κ2) is 5.83. The first-order valence-electron chi connectivity index (χ1n) is 7.51. The van der Waals surface area contributed by atoms with Gasteiger partial charge >= 0.3 is 0 Å². The standard InChI is InChI=1S/C16H17N3O4/c17-13(20)7-9-3-1-4-10-11(9)8-19(16(10)23)12-5-2-6-14(21)18-15(12)22/h1,3-4,12H,2,5-8H2,(H2,17,20)(H,18,21,22). The van der Waals surface area contributed by atoms with Gasteiger partial charge in [-0.3, -0.25) is 24.5 Å². The van der Waals surface area contributed by atoms with Crippen LogP contribution in [0.5, 0.6) is 0 Å². The maximum atomic E-state index is 12.6. The van der Waals surface area contributed by atoms with Crippen molar-refractivity contribution in [1.29, 1.82) is 0 Å². The molecule has 0 saturated carbocycles. The minimum Gasteiger partial charge on any atom is -0.369 e. The third kappa shape index (κ3) is 2.81. The van der Waals surface area contributed by atoms with E-state index in [1.807, 2.05) is 0 Å². The quantitative estimate of drug-likeness (QED) is 0.757. The first kappa shape index (κ1) is 15.2. The fourth-order valence-corrected chi connectivity index (χ4v) is 3.19. The molecule has 1 atom stereocenters. The molecule has 120 valence electrons. The van der Waals surface area contributed by atoms with E-state index < -0.39 is 17.9 Å². The Labute approximate surface area is 132 Å². The Hall–Kier alpha value is -2.70. The van der Waals surface area contributed by atoms with Crippen molar-refractivity contribution in [2.75, 3.05) is 0 Å². The number of fused-ring (bicyclic) bond motifs is 1. The molecular weight excluding hydrogens is 298 g/mol. The molecule has 2 aliphatic rings. The molecule has 23 heavy (non-hydrogen) atoms. The molecule has 0 bridgehead atoms. The SMILES string of the molecule is NC(=O)Cc1cccc2c1CN(C1CCCC(=O)NC1=O)C2=O. The molecule has 0 aliphatic carbocycles. The third-order valence-electron chi connectivity index (χ3n) is 4.28. The zero-order valence-corrected chi connectivity index (χ0v) is 12.5. The van der Waals surface area contributed by atoms with Gasteiger partial charge in [0.15, 0.2) is 0 Å². The van der Waals surface area contributed by atoms with Gasteiger partial charge in [-0.15, -0.1) is 0 Å². The van der Waals surface area contributed by atoms with Gasteiger partial charge in [-0.05, 0) is 30.0 Å². The largest absolute Gasteiger partial charge is 0.369 e. The van der Waals surface area contributed by atoms with E-state index in [0.717, 1.165) is 5.56 Å². The van der Waals surface area contributed by atoms with Crippen LogP contribution in [0.2, 0.25) is 0 Å². The van der Waals surface area contributed by atoms with E-state index in [9.17, 15) is 19.2 Å². The van der Waals surface area contributed by atoms with Gasteiger partial charge in [0, 0.05) is 18.5 Å². The lowest BCUT2D eigenvalue weighted by atomic mass is 10.0. The molecule has 3 N–H and O–H groups in total. The predicted molar refractivity (Wildman–Crippen MR) is 80.0 cm³/mol. The fourth-order valence-electron chi connectivity index (χ4n) is 3.19. The average molecular weight is 315 g/mol. The van der Waals surface area contributed by atoms with Crippen LogP contribution in [0.4, 0.5) is 0 Å². The summed E-state index contributed by atoms with van der Waals surface area (Å²) in [7, 11) is 0. The van der Waals surface area contributed by atoms with E-state index in [1.54, 1.807) is 18.2 Å². The summed E-state index contributed by atoms with van der Waals surface area (Å²) in [5, 5.41) is 2.32. The summed E-state index contributed by atoms with van der Waals surface area (Å²) in [6, 6.07) is 4.48. The van der Waals surface area contributed by atoms with Crippen molar-refractivity contribution < 1.29 is 19.2 Å². The number of benzene rings is 1. The van der Waals surface area contributed by atoms with E-state index in [4.69, 9.17) is 5.73 Å². The van der Waals surface area contributed by atoms with Crippen molar-refractivity contribution >= 4 is 23.6 Å². The monoisotopic (exact) mass is 315 g/mol. The van der Waals surface area contributed by atoms with Gasteiger partial charge in [0.05, 0.1) is 6.42 Å². The van der Waals surface area contributed by atoms with Crippen molar-refractivity contribution in [3.8, 4) is 0 Å². The van der Waals surface area contributed by atoms with Crippen molar-refractivity contribution in [3.63, 3.8) is 0 Å². The van der Waals surface area contributed by atoms with Crippen LogP contribution in [0.1, 0.15) is 40.7 Å². The van der Waals surface area contributed by atoms with Crippen molar-refractivity contribution in [2.45, 2.75) is 38.3 Å². The second-order valence-electron chi connectivity index (χ2n) is 5.84. The molecule has 1 fully saturated rings. The number of carbonyl (C=O) groups is 4.